The quantitative estimate of drug-likeness (QED) is 0.884. The first-order valence-corrected chi connectivity index (χ1v) is 6.85. The van der Waals surface area contributed by atoms with E-state index in [1.807, 2.05) is 12.1 Å². The van der Waals surface area contributed by atoms with Crippen LogP contribution in [0.5, 0.6) is 0 Å². The standard InChI is InChI=1S/C13H12BrN3O2/c1-7(18)15-13-11(12(19)8-2-3-8)10-6-9(14)4-5-17(10)16-13/h4-6,8H,2-3H2,1H3,(H,15,16,18). The van der Waals surface area contributed by atoms with Crippen molar-refractivity contribution < 1.29 is 9.59 Å². The third-order valence-corrected chi connectivity index (χ3v) is 3.58. The minimum atomic E-state index is -0.229. The first kappa shape index (κ1) is 12.3. The second kappa shape index (κ2) is 4.45. The van der Waals surface area contributed by atoms with Crippen LogP contribution in [0.1, 0.15) is 30.1 Å². The number of hydrogen-bond acceptors (Lipinski definition) is 3. The van der Waals surface area contributed by atoms with Gasteiger partial charge in [0, 0.05) is 23.5 Å². The highest BCUT2D eigenvalue weighted by Gasteiger charge is 2.34. The van der Waals surface area contributed by atoms with Gasteiger partial charge < -0.3 is 5.32 Å². The van der Waals surface area contributed by atoms with Crippen LogP contribution in [-0.4, -0.2) is 21.3 Å². The summed E-state index contributed by atoms with van der Waals surface area (Å²) in [5, 5.41) is 6.91. The van der Waals surface area contributed by atoms with Gasteiger partial charge >= 0.3 is 0 Å². The summed E-state index contributed by atoms with van der Waals surface area (Å²) in [5.74, 6) is 0.270. The zero-order valence-corrected chi connectivity index (χ0v) is 11.9. The van der Waals surface area contributed by atoms with Gasteiger partial charge in [0.1, 0.15) is 0 Å². The Morgan fingerprint density at radius 1 is 1.47 bits per heavy atom. The lowest BCUT2D eigenvalue weighted by Crippen LogP contribution is -2.11. The first-order chi connectivity index (χ1) is 9.06. The van der Waals surface area contributed by atoms with Crippen molar-refractivity contribution in [3.05, 3.63) is 28.4 Å². The lowest BCUT2D eigenvalue weighted by Gasteiger charge is -2.01. The van der Waals surface area contributed by atoms with Gasteiger partial charge in [0.25, 0.3) is 0 Å². The Hall–Kier alpha value is -1.69. The van der Waals surface area contributed by atoms with Crippen LogP contribution in [0.3, 0.4) is 0 Å². The molecule has 1 N–H and O–H groups in total. The summed E-state index contributed by atoms with van der Waals surface area (Å²) in [7, 11) is 0. The smallest absolute Gasteiger partial charge is 0.222 e. The maximum absolute atomic E-state index is 12.4. The Morgan fingerprint density at radius 3 is 2.84 bits per heavy atom. The van der Waals surface area contributed by atoms with E-state index in [2.05, 4.69) is 26.3 Å². The molecule has 5 nitrogen and oxygen atoms in total. The zero-order chi connectivity index (χ0) is 13.6. The predicted octanol–water partition coefficient (Wildman–Crippen LogP) is 2.65. The molecule has 2 aromatic rings. The predicted molar refractivity (Wildman–Crippen MR) is 74.3 cm³/mol. The Kier molecular flexibility index (Phi) is 2.89. The van der Waals surface area contributed by atoms with Crippen LogP contribution < -0.4 is 5.32 Å². The van der Waals surface area contributed by atoms with Crippen molar-refractivity contribution in [1.82, 2.24) is 9.61 Å². The third-order valence-electron chi connectivity index (χ3n) is 3.09. The number of rotatable bonds is 3. The number of carbonyl (C=O) groups excluding carboxylic acids is 2. The normalized spacial score (nSPS) is 14.6. The number of nitrogens with one attached hydrogen (secondary N) is 1. The molecule has 0 bridgehead atoms. The van der Waals surface area contributed by atoms with E-state index in [1.165, 1.54) is 6.92 Å². The number of aromatic nitrogens is 2. The number of amides is 1. The minimum Gasteiger partial charge on any atom is -0.309 e. The van der Waals surface area contributed by atoms with Gasteiger partial charge in [-0.25, -0.2) is 4.52 Å². The Bertz CT molecular complexity index is 688. The van der Waals surface area contributed by atoms with Gasteiger partial charge in [-0.15, -0.1) is 5.10 Å². The molecular formula is C13H12BrN3O2. The highest BCUT2D eigenvalue weighted by Crippen LogP contribution is 2.36. The first-order valence-electron chi connectivity index (χ1n) is 6.06. The molecule has 0 spiro atoms. The van der Waals surface area contributed by atoms with Crippen LogP contribution in [0.4, 0.5) is 5.82 Å². The third kappa shape index (κ3) is 2.28. The van der Waals surface area contributed by atoms with Crippen molar-refractivity contribution in [2.45, 2.75) is 19.8 Å². The van der Waals surface area contributed by atoms with Crippen LogP contribution in [0, 0.1) is 5.92 Å². The van der Waals surface area contributed by atoms with Gasteiger partial charge in [-0.05, 0) is 25.0 Å². The van der Waals surface area contributed by atoms with Crippen molar-refractivity contribution in [1.29, 1.82) is 0 Å². The fourth-order valence-electron chi connectivity index (χ4n) is 2.07. The van der Waals surface area contributed by atoms with Gasteiger partial charge in [-0.1, -0.05) is 15.9 Å². The minimum absolute atomic E-state index is 0.0665. The van der Waals surface area contributed by atoms with Crippen LogP contribution in [-0.2, 0) is 4.79 Å². The molecular weight excluding hydrogens is 310 g/mol. The topological polar surface area (TPSA) is 63.5 Å². The summed E-state index contributed by atoms with van der Waals surface area (Å²) in [4.78, 5) is 23.6. The molecule has 0 aromatic carbocycles. The van der Waals surface area contributed by atoms with E-state index >= 15 is 0 Å². The summed E-state index contributed by atoms with van der Waals surface area (Å²) < 4.78 is 2.49. The molecule has 6 heteroatoms. The average Bonchev–Trinajstić information content (AvgIpc) is 3.11. The average molecular weight is 322 g/mol. The van der Waals surface area contributed by atoms with E-state index in [1.54, 1.807) is 10.7 Å². The van der Waals surface area contributed by atoms with Crippen LogP contribution >= 0.6 is 15.9 Å². The molecule has 1 amide bonds. The second-order valence-electron chi connectivity index (χ2n) is 4.72. The molecule has 0 aliphatic heterocycles. The highest BCUT2D eigenvalue weighted by atomic mass is 79.9. The molecule has 1 saturated carbocycles. The molecule has 2 aromatic heterocycles. The van der Waals surface area contributed by atoms with Crippen LogP contribution in [0.2, 0.25) is 0 Å². The molecule has 0 atom stereocenters. The van der Waals surface area contributed by atoms with E-state index in [0.717, 1.165) is 22.8 Å². The largest absolute Gasteiger partial charge is 0.309 e. The van der Waals surface area contributed by atoms with E-state index in [9.17, 15) is 9.59 Å². The number of anilines is 1. The maximum Gasteiger partial charge on any atom is 0.222 e. The molecule has 2 heterocycles. The van der Waals surface area contributed by atoms with Gasteiger partial charge in [0.05, 0.1) is 11.1 Å². The summed E-state index contributed by atoms with van der Waals surface area (Å²) in [6.07, 6.45) is 3.60. The summed E-state index contributed by atoms with van der Waals surface area (Å²) in [6.45, 7) is 1.41. The van der Waals surface area contributed by atoms with Gasteiger partial charge in [-0.3, -0.25) is 9.59 Å². The molecule has 3 rings (SSSR count). The molecule has 98 valence electrons. The van der Waals surface area contributed by atoms with Gasteiger partial charge in [0.2, 0.25) is 5.91 Å². The van der Waals surface area contributed by atoms with E-state index in [4.69, 9.17) is 0 Å². The summed E-state index contributed by atoms with van der Waals surface area (Å²) >= 11 is 3.39. The van der Waals surface area contributed by atoms with E-state index in [-0.39, 0.29) is 17.6 Å². The molecule has 0 radical (unpaired) electrons. The molecule has 1 aliphatic carbocycles. The molecule has 0 saturated heterocycles. The number of pyridine rings is 1. The summed E-state index contributed by atoms with van der Waals surface area (Å²) in [6, 6.07) is 3.68. The Labute approximate surface area is 118 Å². The number of Topliss-reactive ketones (excluding diaryl/α,β-unsaturated/α-hetero) is 1. The van der Waals surface area contributed by atoms with Crippen molar-refractivity contribution >= 4 is 39.0 Å². The number of carbonyl (C=O) groups is 2. The highest BCUT2D eigenvalue weighted by molar-refractivity contribution is 9.10. The van der Waals surface area contributed by atoms with Crippen molar-refractivity contribution in [2.75, 3.05) is 5.32 Å². The Morgan fingerprint density at radius 2 is 2.21 bits per heavy atom. The monoisotopic (exact) mass is 321 g/mol. The number of halogens is 1. The van der Waals surface area contributed by atoms with Crippen LogP contribution in [0.15, 0.2) is 22.8 Å². The number of ketones is 1. The van der Waals surface area contributed by atoms with E-state index in [0.29, 0.717) is 11.4 Å². The number of hydrogen-bond donors (Lipinski definition) is 1. The van der Waals surface area contributed by atoms with E-state index < -0.39 is 0 Å². The van der Waals surface area contributed by atoms with Crippen molar-refractivity contribution in [3.63, 3.8) is 0 Å². The van der Waals surface area contributed by atoms with Gasteiger partial charge in [0.15, 0.2) is 11.6 Å². The lowest BCUT2D eigenvalue weighted by molar-refractivity contribution is -0.114. The summed E-state index contributed by atoms with van der Waals surface area (Å²) in [5.41, 5.74) is 1.23. The number of nitrogens with zero attached hydrogens (tertiary/aromatic N) is 2. The lowest BCUT2D eigenvalue weighted by atomic mass is 10.1. The second-order valence-corrected chi connectivity index (χ2v) is 5.63. The number of fused-ring (bicyclic) bond motifs is 1. The molecule has 0 unspecified atom stereocenters. The van der Waals surface area contributed by atoms with Crippen LogP contribution in [0.25, 0.3) is 5.52 Å². The molecule has 19 heavy (non-hydrogen) atoms. The van der Waals surface area contributed by atoms with Gasteiger partial charge in [-0.2, -0.15) is 0 Å². The fourth-order valence-corrected chi connectivity index (χ4v) is 2.40. The van der Waals surface area contributed by atoms with Crippen molar-refractivity contribution in [2.24, 2.45) is 5.92 Å². The molecule has 1 aliphatic rings. The Balaban J connectivity index is 2.19. The zero-order valence-electron chi connectivity index (χ0n) is 10.3. The maximum atomic E-state index is 12.4. The molecule has 1 fully saturated rings. The SMILES string of the molecule is CC(=O)Nc1nn2ccc(Br)cc2c1C(=O)C1CC1. The fraction of sp³-hybridized carbons (Fsp3) is 0.308. The van der Waals surface area contributed by atoms with Crippen molar-refractivity contribution in [3.8, 4) is 0 Å².